The van der Waals surface area contributed by atoms with Crippen LogP contribution in [-0.2, 0) is 24.6 Å². The van der Waals surface area contributed by atoms with E-state index >= 15 is 4.79 Å². The fourth-order valence-electron chi connectivity index (χ4n) is 9.04. The number of benzene rings is 4. The molecule has 2 aliphatic heterocycles. The van der Waals surface area contributed by atoms with Crippen molar-refractivity contribution < 1.29 is 29.0 Å². The van der Waals surface area contributed by atoms with Crippen LogP contribution in [0.25, 0.3) is 6.08 Å². The largest absolute Gasteiger partial charge is 0.508 e. The highest BCUT2D eigenvalue weighted by molar-refractivity contribution is 6.32. The number of rotatable bonds is 6. The third-order valence-corrected chi connectivity index (χ3v) is 11.3. The molecule has 1 N–H and O–H groups in total. The van der Waals surface area contributed by atoms with Crippen LogP contribution < -0.4 is 14.5 Å². The summed E-state index contributed by atoms with van der Waals surface area (Å²) in [5.41, 5.74) is 2.28. The molecular weight excluding hydrogens is 652 g/mol. The quantitative estimate of drug-likeness (QED) is 0.172. The molecule has 3 fully saturated rings. The van der Waals surface area contributed by atoms with E-state index in [0.29, 0.717) is 33.3 Å². The SMILES string of the molecule is C=Cc1ccc(N2C(=O)C3CC=C4C(CC5C(=O)N(c6cccc(Cl)c6)C(=O)C5(c5ccccc5)C4c4ccc(O)cc4OC)C3C2=O)cc1. The van der Waals surface area contributed by atoms with Crippen molar-refractivity contribution in [3.8, 4) is 11.5 Å². The van der Waals surface area contributed by atoms with Gasteiger partial charge in [-0.15, -0.1) is 0 Å². The fraction of sp³-hybridized carbons (Fsp3) is 0.220. The van der Waals surface area contributed by atoms with Gasteiger partial charge in [0.05, 0.1) is 41.7 Å². The lowest BCUT2D eigenvalue weighted by atomic mass is 9.49. The zero-order valence-electron chi connectivity index (χ0n) is 27.2. The second-order valence-electron chi connectivity index (χ2n) is 13.3. The van der Waals surface area contributed by atoms with Gasteiger partial charge in [0.1, 0.15) is 11.5 Å². The summed E-state index contributed by atoms with van der Waals surface area (Å²) in [6.07, 6.45) is 4.15. The summed E-state index contributed by atoms with van der Waals surface area (Å²) >= 11 is 6.40. The van der Waals surface area contributed by atoms with Crippen molar-refractivity contribution in [2.45, 2.75) is 24.2 Å². The van der Waals surface area contributed by atoms with Gasteiger partial charge in [-0.3, -0.25) is 24.1 Å². The van der Waals surface area contributed by atoms with Gasteiger partial charge >= 0.3 is 0 Å². The van der Waals surface area contributed by atoms with Crippen LogP contribution in [-0.4, -0.2) is 35.8 Å². The van der Waals surface area contributed by atoms with Crippen molar-refractivity contribution in [1.82, 2.24) is 0 Å². The third kappa shape index (κ3) is 4.44. The Hall–Kier alpha value is -5.47. The van der Waals surface area contributed by atoms with Gasteiger partial charge in [0, 0.05) is 22.6 Å². The number of halogens is 1. The molecule has 8 rings (SSSR count). The molecule has 2 aliphatic carbocycles. The summed E-state index contributed by atoms with van der Waals surface area (Å²) in [5.74, 6) is -4.72. The number of imide groups is 2. The van der Waals surface area contributed by atoms with Crippen molar-refractivity contribution in [1.29, 1.82) is 0 Å². The summed E-state index contributed by atoms with van der Waals surface area (Å²) in [5, 5.41) is 10.9. The smallest absolute Gasteiger partial charge is 0.246 e. The zero-order valence-corrected chi connectivity index (χ0v) is 27.9. The molecule has 0 radical (unpaired) electrons. The Labute approximate surface area is 294 Å². The molecule has 0 bridgehead atoms. The van der Waals surface area contributed by atoms with Crippen LogP contribution >= 0.6 is 11.6 Å². The Morgan fingerprint density at radius 2 is 1.60 bits per heavy atom. The van der Waals surface area contributed by atoms with E-state index in [0.717, 1.165) is 11.1 Å². The maximum absolute atomic E-state index is 15.4. The number of ether oxygens (including phenoxy) is 1. The first kappa shape index (κ1) is 31.8. The van der Waals surface area contributed by atoms with Crippen molar-refractivity contribution >= 4 is 52.7 Å². The van der Waals surface area contributed by atoms with Gasteiger partial charge in [-0.1, -0.05) is 90.5 Å². The van der Waals surface area contributed by atoms with Crippen LogP contribution in [0.4, 0.5) is 11.4 Å². The summed E-state index contributed by atoms with van der Waals surface area (Å²) in [6.45, 7) is 3.80. The number of fused-ring (bicyclic) bond motifs is 4. The third-order valence-electron chi connectivity index (χ3n) is 11.1. The Bertz CT molecular complexity index is 2130. The van der Waals surface area contributed by atoms with Gasteiger partial charge < -0.3 is 9.84 Å². The van der Waals surface area contributed by atoms with Crippen LogP contribution in [0.3, 0.4) is 0 Å². The molecule has 0 spiro atoms. The van der Waals surface area contributed by atoms with Crippen molar-refractivity contribution in [3.63, 3.8) is 0 Å². The number of methoxy groups -OCH3 is 1. The Kier molecular flexibility index (Phi) is 7.53. The molecule has 0 aromatic heterocycles. The van der Waals surface area contributed by atoms with Crippen molar-refractivity contribution in [2.75, 3.05) is 16.9 Å². The Morgan fingerprint density at radius 1 is 0.840 bits per heavy atom. The van der Waals surface area contributed by atoms with E-state index in [2.05, 4.69) is 6.58 Å². The number of allylic oxidation sites excluding steroid dienone is 2. The lowest BCUT2D eigenvalue weighted by Crippen LogP contribution is -2.53. The molecule has 4 aliphatic rings. The second-order valence-corrected chi connectivity index (χ2v) is 13.8. The van der Waals surface area contributed by atoms with Gasteiger partial charge in [0.2, 0.25) is 23.6 Å². The number of carbonyl (C=O) groups excluding carboxylic acids is 4. The number of phenolic OH excluding ortho intramolecular Hbond substituents is 1. The van der Waals surface area contributed by atoms with Gasteiger partial charge in [0.25, 0.3) is 0 Å². The normalized spacial score (nSPS) is 27.1. The fourth-order valence-corrected chi connectivity index (χ4v) is 9.23. The van der Waals surface area contributed by atoms with Gasteiger partial charge in [0.15, 0.2) is 0 Å². The van der Waals surface area contributed by atoms with Crippen molar-refractivity contribution in [3.05, 3.63) is 137 Å². The minimum atomic E-state index is -1.45. The highest BCUT2D eigenvalue weighted by Gasteiger charge is 2.70. The first-order valence-electron chi connectivity index (χ1n) is 16.6. The van der Waals surface area contributed by atoms with Crippen LogP contribution in [0.1, 0.15) is 35.4 Å². The van der Waals surface area contributed by atoms with Crippen LogP contribution in [0, 0.1) is 23.7 Å². The van der Waals surface area contributed by atoms with E-state index in [1.165, 1.54) is 29.0 Å². The summed E-state index contributed by atoms with van der Waals surface area (Å²) in [6, 6.07) is 27.8. The van der Waals surface area contributed by atoms with Crippen LogP contribution in [0.5, 0.6) is 11.5 Å². The number of phenols is 1. The van der Waals surface area contributed by atoms with Gasteiger partial charge in [-0.05, 0) is 66.3 Å². The topological polar surface area (TPSA) is 104 Å². The second kappa shape index (κ2) is 11.8. The molecule has 6 unspecified atom stereocenters. The minimum absolute atomic E-state index is 0.0231. The van der Waals surface area contributed by atoms with Gasteiger partial charge in [-0.25, -0.2) is 4.90 Å². The first-order valence-corrected chi connectivity index (χ1v) is 16.9. The molecule has 1 saturated carbocycles. The minimum Gasteiger partial charge on any atom is -0.508 e. The van der Waals surface area contributed by atoms with Gasteiger partial charge in [-0.2, -0.15) is 0 Å². The van der Waals surface area contributed by atoms with Crippen molar-refractivity contribution in [2.24, 2.45) is 23.7 Å². The summed E-state index contributed by atoms with van der Waals surface area (Å²) in [7, 11) is 1.49. The number of hydrogen-bond donors (Lipinski definition) is 1. The van der Waals surface area contributed by atoms with E-state index in [1.807, 2.05) is 48.5 Å². The molecule has 250 valence electrons. The first-order chi connectivity index (χ1) is 24.2. The van der Waals surface area contributed by atoms with E-state index in [-0.39, 0.29) is 30.4 Å². The molecule has 4 aromatic rings. The lowest BCUT2D eigenvalue weighted by Gasteiger charge is -2.51. The average Bonchev–Trinajstić information content (AvgIpc) is 3.52. The number of carbonyl (C=O) groups is 4. The number of aromatic hydroxyl groups is 1. The van der Waals surface area contributed by atoms with E-state index in [9.17, 15) is 19.5 Å². The predicted octanol–water partition coefficient (Wildman–Crippen LogP) is 7.06. The highest BCUT2D eigenvalue weighted by Crippen LogP contribution is 2.65. The molecule has 8 nitrogen and oxygen atoms in total. The average molecular weight is 685 g/mol. The molecule has 2 heterocycles. The molecule has 2 saturated heterocycles. The molecule has 6 atom stereocenters. The van der Waals surface area contributed by atoms with Crippen LogP contribution in [0.2, 0.25) is 5.02 Å². The monoisotopic (exact) mass is 684 g/mol. The van der Waals surface area contributed by atoms with E-state index in [4.69, 9.17) is 16.3 Å². The number of amides is 4. The maximum Gasteiger partial charge on any atom is 0.246 e. The Balaban J connectivity index is 1.35. The molecule has 4 aromatic carbocycles. The molecule has 9 heteroatoms. The van der Waals surface area contributed by atoms with E-state index < -0.39 is 46.8 Å². The summed E-state index contributed by atoms with van der Waals surface area (Å²) in [4.78, 5) is 61.3. The number of nitrogens with zero attached hydrogens (tertiary/aromatic N) is 2. The Morgan fingerprint density at radius 3 is 2.30 bits per heavy atom. The van der Waals surface area contributed by atoms with E-state index in [1.54, 1.807) is 48.5 Å². The maximum atomic E-state index is 15.4. The number of hydrogen-bond acceptors (Lipinski definition) is 6. The number of anilines is 2. The highest BCUT2D eigenvalue weighted by atomic mass is 35.5. The zero-order chi connectivity index (χ0) is 34.9. The summed E-state index contributed by atoms with van der Waals surface area (Å²) < 4.78 is 5.85. The predicted molar refractivity (Wildman–Crippen MR) is 190 cm³/mol. The lowest BCUT2D eigenvalue weighted by molar-refractivity contribution is -0.127. The molecular formula is C41H33ClN2O6. The molecule has 4 amide bonds. The van der Waals surface area contributed by atoms with Crippen LogP contribution in [0.15, 0.2) is 115 Å². The molecule has 50 heavy (non-hydrogen) atoms. The standard InChI is InChI=1S/C41H33ClN2O6/c1-3-23-12-14-26(15-13-23)43-37(46)31-19-18-29-32(35(31)39(43)48)22-33-38(47)44(27-11-7-10-25(42)20-27)40(49)41(33,24-8-5-4-6-9-24)36(29)30-17-16-28(45)21-34(30)50-2/h3-18,20-21,31-33,35-36,45H,1,19,22H2,2H3.